The van der Waals surface area contributed by atoms with Crippen LogP contribution in [-0.4, -0.2) is 28.4 Å². The minimum absolute atomic E-state index is 0.0656. The number of rotatable bonds is 6. The maximum Gasteiger partial charge on any atom is 0.339 e. The van der Waals surface area contributed by atoms with Crippen molar-refractivity contribution in [1.29, 1.82) is 0 Å². The van der Waals surface area contributed by atoms with E-state index in [1.165, 1.54) is 36.3 Å². The van der Waals surface area contributed by atoms with Crippen LogP contribution in [0.15, 0.2) is 47.6 Å². The molecule has 0 bridgehead atoms. The van der Waals surface area contributed by atoms with Gasteiger partial charge in [-0.2, -0.15) is 0 Å². The molecule has 0 fully saturated rings. The lowest BCUT2D eigenvalue weighted by Crippen LogP contribution is -2.06. The largest absolute Gasteiger partial charge is 0.490 e. The lowest BCUT2D eigenvalue weighted by atomic mass is 10.2. The molecule has 4 nitrogen and oxygen atoms in total. The molecule has 0 aliphatic heterocycles. The third-order valence-corrected chi connectivity index (χ3v) is 3.46. The van der Waals surface area contributed by atoms with Crippen LogP contribution in [0.2, 0.25) is 0 Å². The Morgan fingerprint density at radius 1 is 1.35 bits per heavy atom. The van der Waals surface area contributed by atoms with E-state index in [0.29, 0.717) is 10.6 Å². The highest BCUT2D eigenvalue weighted by Gasteiger charge is 2.10. The lowest BCUT2D eigenvalue weighted by molar-refractivity contribution is 0.0692. The van der Waals surface area contributed by atoms with E-state index in [9.17, 15) is 9.18 Å². The zero-order valence-electron chi connectivity index (χ0n) is 10.5. The topological polar surface area (TPSA) is 59.4 Å². The number of thioether (sulfide) groups is 1. The molecule has 0 unspecified atom stereocenters. The highest BCUT2D eigenvalue weighted by atomic mass is 32.2. The van der Waals surface area contributed by atoms with Crippen LogP contribution in [0.4, 0.5) is 4.39 Å². The van der Waals surface area contributed by atoms with Crippen molar-refractivity contribution in [3.8, 4) is 5.75 Å². The summed E-state index contributed by atoms with van der Waals surface area (Å²) >= 11 is 1.31. The molecule has 0 aliphatic rings. The summed E-state index contributed by atoms with van der Waals surface area (Å²) in [5, 5.41) is 8.97. The first-order chi connectivity index (χ1) is 9.68. The number of halogens is 1. The molecule has 0 saturated carbocycles. The number of pyridine rings is 1. The number of nitrogens with zero attached hydrogens (tertiary/aromatic N) is 1. The summed E-state index contributed by atoms with van der Waals surface area (Å²) in [4.78, 5) is 15.3. The predicted molar refractivity (Wildman–Crippen MR) is 73.8 cm³/mol. The summed E-state index contributed by atoms with van der Waals surface area (Å²) in [6.45, 7) is 0.269. The van der Waals surface area contributed by atoms with Crippen LogP contribution in [0.5, 0.6) is 5.75 Å². The number of ether oxygens (including phenoxy) is 1. The Morgan fingerprint density at radius 2 is 2.15 bits per heavy atom. The molecule has 1 aromatic carbocycles. The second kappa shape index (κ2) is 6.91. The number of carboxylic acid groups (broad SMARTS) is 1. The number of carboxylic acids is 1. The fourth-order valence-electron chi connectivity index (χ4n) is 1.54. The Balaban J connectivity index is 1.88. The van der Waals surface area contributed by atoms with Gasteiger partial charge in [0.2, 0.25) is 0 Å². The molecule has 1 heterocycles. The van der Waals surface area contributed by atoms with Gasteiger partial charge < -0.3 is 9.84 Å². The summed E-state index contributed by atoms with van der Waals surface area (Å²) in [6, 6.07) is 7.85. The molecule has 1 aromatic heterocycles. The van der Waals surface area contributed by atoms with Gasteiger partial charge in [0.15, 0.2) is 5.75 Å². The van der Waals surface area contributed by atoms with Gasteiger partial charge in [0.25, 0.3) is 0 Å². The van der Waals surface area contributed by atoms with E-state index >= 15 is 0 Å². The first-order valence-corrected chi connectivity index (χ1v) is 6.84. The third kappa shape index (κ3) is 3.71. The van der Waals surface area contributed by atoms with E-state index in [4.69, 9.17) is 9.84 Å². The van der Waals surface area contributed by atoms with Crippen LogP contribution >= 0.6 is 11.8 Å². The number of benzene rings is 1. The first-order valence-electron chi connectivity index (χ1n) is 5.86. The Morgan fingerprint density at radius 3 is 2.90 bits per heavy atom. The van der Waals surface area contributed by atoms with Crippen molar-refractivity contribution < 1.29 is 19.0 Å². The molecule has 0 amide bonds. The van der Waals surface area contributed by atoms with Crippen molar-refractivity contribution >= 4 is 17.7 Å². The maximum atomic E-state index is 13.4. The molecule has 0 spiro atoms. The molecule has 20 heavy (non-hydrogen) atoms. The molecule has 0 atom stereocenters. The Labute approximate surface area is 119 Å². The predicted octanol–water partition coefficient (Wildman–Crippen LogP) is 3.09. The van der Waals surface area contributed by atoms with E-state index in [0.717, 1.165) is 0 Å². The quantitative estimate of drug-likeness (QED) is 0.655. The van der Waals surface area contributed by atoms with E-state index in [1.54, 1.807) is 18.2 Å². The van der Waals surface area contributed by atoms with Crippen LogP contribution < -0.4 is 4.74 Å². The minimum Gasteiger partial charge on any atom is -0.490 e. The average Bonchev–Trinajstić information content (AvgIpc) is 2.45. The van der Waals surface area contributed by atoms with E-state index in [-0.39, 0.29) is 23.7 Å². The molecular formula is C14H12FNO3S. The van der Waals surface area contributed by atoms with Gasteiger partial charge in [-0.05, 0) is 18.2 Å². The van der Waals surface area contributed by atoms with E-state index < -0.39 is 5.97 Å². The molecule has 0 radical (unpaired) electrons. The fraction of sp³-hybridized carbons (Fsp3) is 0.143. The SMILES string of the molecule is O=C(O)c1ccncc1OCCSc1ccccc1F. The van der Waals surface area contributed by atoms with Gasteiger partial charge in [-0.1, -0.05) is 12.1 Å². The third-order valence-electron chi connectivity index (χ3n) is 2.45. The van der Waals surface area contributed by atoms with Crippen molar-refractivity contribution in [2.75, 3.05) is 12.4 Å². The molecule has 1 N–H and O–H groups in total. The van der Waals surface area contributed by atoms with Crippen LogP contribution in [0.1, 0.15) is 10.4 Å². The van der Waals surface area contributed by atoms with Crippen molar-refractivity contribution in [1.82, 2.24) is 4.98 Å². The molecular weight excluding hydrogens is 281 g/mol. The second-order valence-electron chi connectivity index (χ2n) is 3.80. The standard InChI is InChI=1S/C14H12FNO3S/c15-11-3-1-2-4-13(11)20-8-7-19-12-9-16-6-5-10(12)14(17)18/h1-6,9H,7-8H2,(H,17,18). The van der Waals surface area contributed by atoms with Gasteiger partial charge in [-0.25, -0.2) is 9.18 Å². The van der Waals surface area contributed by atoms with Crippen molar-refractivity contribution in [2.24, 2.45) is 0 Å². The normalized spacial score (nSPS) is 10.2. The number of carbonyl (C=O) groups is 1. The van der Waals surface area contributed by atoms with Gasteiger partial charge >= 0.3 is 5.97 Å². The van der Waals surface area contributed by atoms with Crippen LogP contribution in [-0.2, 0) is 0 Å². The fourth-order valence-corrected chi connectivity index (χ4v) is 2.30. The number of aromatic nitrogens is 1. The zero-order valence-corrected chi connectivity index (χ0v) is 11.3. The summed E-state index contributed by atoms with van der Waals surface area (Å²) in [7, 11) is 0. The Hall–Kier alpha value is -2.08. The summed E-state index contributed by atoms with van der Waals surface area (Å²) in [5.41, 5.74) is 0.0656. The molecule has 0 aliphatic carbocycles. The smallest absolute Gasteiger partial charge is 0.339 e. The van der Waals surface area contributed by atoms with Crippen LogP contribution in [0, 0.1) is 5.82 Å². The Kier molecular flexibility index (Phi) is 4.95. The summed E-state index contributed by atoms with van der Waals surface area (Å²) in [6.07, 6.45) is 2.75. The van der Waals surface area contributed by atoms with Gasteiger partial charge in [0.05, 0.1) is 12.8 Å². The highest BCUT2D eigenvalue weighted by molar-refractivity contribution is 7.99. The number of hydrogen-bond acceptors (Lipinski definition) is 4. The van der Waals surface area contributed by atoms with Gasteiger partial charge in [0.1, 0.15) is 11.4 Å². The van der Waals surface area contributed by atoms with Crippen LogP contribution in [0.3, 0.4) is 0 Å². The monoisotopic (exact) mass is 293 g/mol. The molecule has 0 saturated heterocycles. The second-order valence-corrected chi connectivity index (χ2v) is 4.94. The molecule has 104 valence electrons. The summed E-state index contributed by atoms with van der Waals surface area (Å²) in [5.74, 6) is -0.613. The van der Waals surface area contributed by atoms with Crippen molar-refractivity contribution in [3.63, 3.8) is 0 Å². The molecule has 6 heteroatoms. The summed E-state index contributed by atoms with van der Waals surface area (Å²) < 4.78 is 18.7. The molecule has 2 rings (SSSR count). The maximum absolute atomic E-state index is 13.4. The van der Waals surface area contributed by atoms with Crippen molar-refractivity contribution in [3.05, 3.63) is 54.1 Å². The number of aromatic carboxylic acids is 1. The Bertz CT molecular complexity index is 606. The van der Waals surface area contributed by atoms with Gasteiger partial charge in [-0.3, -0.25) is 4.98 Å². The van der Waals surface area contributed by atoms with E-state index in [2.05, 4.69) is 4.98 Å². The van der Waals surface area contributed by atoms with Crippen LogP contribution in [0.25, 0.3) is 0 Å². The highest BCUT2D eigenvalue weighted by Crippen LogP contribution is 2.22. The minimum atomic E-state index is -1.07. The van der Waals surface area contributed by atoms with E-state index in [1.807, 2.05) is 0 Å². The van der Waals surface area contributed by atoms with Gasteiger partial charge in [-0.15, -0.1) is 11.8 Å². The first kappa shape index (κ1) is 14.3. The van der Waals surface area contributed by atoms with Crippen molar-refractivity contribution in [2.45, 2.75) is 4.90 Å². The lowest BCUT2D eigenvalue weighted by Gasteiger charge is -2.08. The average molecular weight is 293 g/mol. The molecule has 2 aromatic rings. The zero-order chi connectivity index (χ0) is 14.4. The van der Waals surface area contributed by atoms with Gasteiger partial charge in [0, 0.05) is 16.8 Å². The number of hydrogen-bond donors (Lipinski definition) is 1.